The minimum atomic E-state index is -1.42. The lowest BCUT2D eigenvalue weighted by atomic mass is 9.94. The molecule has 6 nitrogen and oxygen atoms in total. The first-order chi connectivity index (χ1) is 9.76. The fourth-order valence-electron chi connectivity index (χ4n) is 1.07. The van der Waals surface area contributed by atoms with E-state index >= 15 is 0 Å². The predicted octanol–water partition coefficient (Wildman–Crippen LogP) is 1.14. The lowest BCUT2D eigenvalue weighted by Gasteiger charge is -2.26. The van der Waals surface area contributed by atoms with E-state index in [2.05, 4.69) is 13.2 Å². The second-order valence-corrected chi connectivity index (χ2v) is 6.12. The number of hydrogen-bond acceptors (Lipinski definition) is 6. The van der Waals surface area contributed by atoms with Gasteiger partial charge < -0.3 is 20.1 Å². The Morgan fingerprint density at radius 3 is 1.73 bits per heavy atom. The van der Waals surface area contributed by atoms with Gasteiger partial charge in [-0.3, -0.25) is 9.59 Å². The Kier molecular flexibility index (Phi) is 9.84. The summed E-state index contributed by atoms with van der Waals surface area (Å²) in [5.74, 6) is -0.662. The van der Waals surface area contributed by atoms with Crippen LogP contribution in [0.2, 0.25) is 0 Å². The molecule has 22 heavy (non-hydrogen) atoms. The Balaban J connectivity index is 0. The molecule has 0 aliphatic rings. The summed E-state index contributed by atoms with van der Waals surface area (Å²) in [6.45, 7) is 14.2. The van der Waals surface area contributed by atoms with Crippen molar-refractivity contribution in [3.8, 4) is 0 Å². The van der Waals surface area contributed by atoms with Gasteiger partial charge in [-0.1, -0.05) is 13.2 Å². The third-order valence-electron chi connectivity index (χ3n) is 2.55. The number of aliphatic hydroxyl groups excluding tert-OH is 2. The molecule has 0 aliphatic carbocycles. The molecule has 3 N–H and O–H groups in total. The highest BCUT2D eigenvalue weighted by atomic mass is 16.6. The van der Waals surface area contributed by atoms with Crippen molar-refractivity contribution in [3.05, 3.63) is 24.3 Å². The van der Waals surface area contributed by atoms with Gasteiger partial charge in [0.2, 0.25) is 0 Å². The molecule has 0 bridgehead atoms. The first kappa shape index (κ1) is 22.8. The normalized spacial score (nSPS) is 13.3. The second-order valence-electron chi connectivity index (χ2n) is 6.12. The van der Waals surface area contributed by atoms with E-state index in [1.807, 2.05) is 0 Å². The highest BCUT2D eigenvalue weighted by Crippen LogP contribution is 2.20. The summed E-state index contributed by atoms with van der Waals surface area (Å²) in [4.78, 5) is 21.5. The van der Waals surface area contributed by atoms with Gasteiger partial charge in [-0.2, -0.15) is 0 Å². The molecule has 1 atom stereocenters. The van der Waals surface area contributed by atoms with Gasteiger partial charge >= 0.3 is 5.97 Å². The van der Waals surface area contributed by atoms with E-state index in [9.17, 15) is 14.7 Å². The molecule has 1 unspecified atom stereocenters. The molecule has 0 radical (unpaired) electrons. The van der Waals surface area contributed by atoms with Crippen molar-refractivity contribution in [1.29, 1.82) is 0 Å². The summed E-state index contributed by atoms with van der Waals surface area (Å²) in [5.41, 5.74) is -1.53. The van der Waals surface area contributed by atoms with Crippen molar-refractivity contribution in [1.82, 2.24) is 0 Å². The van der Waals surface area contributed by atoms with Crippen molar-refractivity contribution in [3.63, 3.8) is 0 Å². The molecule has 0 aromatic carbocycles. The topological polar surface area (TPSA) is 104 Å². The summed E-state index contributed by atoms with van der Waals surface area (Å²) in [7, 11) is 0. The van der Waals surface area contributed by atoms with Gasteiger partial charge in [-0.25, -0.2) is 0 Å². The van der Waals surface area contributed by atoms with E-state index in [4.69, 9.17) is 14.9 Å². The molecule has 0 saturated carbocycles. The molecule has 0 amide bonds. The summed E-state index contributed by atoms with van der Waals surface area (Å²) in [6.07, 6.45) is -0.205. The van der Waals surface area contributed by atoms with Crippen LogP contribution >= 0.6 is 0 Å². The molecule has 0 aromatic rings. The Hall–Kier alpha value is -1.50. The van der Waals surface area contributed by atoms with Crippen molar-refractivity contribution >= 4 is 11.8 Å². The number of carbonyl (C=O) groups is 2. The minimum absolute atomic E-state index is 0.150. The third-order valence-corrected chi connectivity index (χ3v) is 2.55. The molecule has 0 saturated heterocycles. The summed E-state index contributed by atoms with van der Waals surface area (Å²) < 4.78 is 5.05. The van der Waals surface area contributed by atoms with Gasteiger partial charge in [-0.05, 0) is 40.2 Å². The number of ketones is 1. The molecule has 0 fully saturated rings. The van der Waals surface area contributed by atoms with Crippen LogP contribution in [0.25, 0.3) is 0 Å². The Morgan fingerprint density at radius 1 is 1.05 bits per heavy atom. The summed E-state index contributed by atoms with van der Waals surface area (Å²) >= 11 is 0. The first-order valence-electron chi connectivity index (χ1n) is 6.79. The van der Waals surface area contributed by atoms with E-state index in [1.54, 1.807) is 20.8 Å². The number of hydrogen-bond donors (Lipinski definition) is 3. The number of carbonyl (C=O) groups excluding carboxylic acids is 2. The lowest BCUT2D eigenvalue weighted by molar-refractivity contribution is -0.158. The van der Waals surface area contributed by atoms with E-state index in [0.29, 0.717) is 0 Å². The van der Waals surface area contributed by atoms with Crippen LogP contribution in [0, 0.1) is 0 Å². The summed E-state index contributed by atoms with van der Waals surface area (Å²) in [6, 6.07) is 0. The maximum atomic E-state index is 11.4. The number of Topliss-reactive ketones (excluding diaryl/α,β-unsaturated/α-hetero) is 1. The van der Waals surface area contributed by atoms with Crippen LogP contribution in [0.15, 0.2) is 24.3 Å². The van der Waals surface area contributed by atoms with E-state index in [0.717, 1.165) is 0 Å². The molecular formula is C16H28O6. The van der Waals surface area contributed by atoms with E-state index in [1.165, 1.54) is 13.8 Å². The van der Waals surface area contributed by atoms with E-state index < -0.39 is 17.2 Å². The quantitative estimate of drug-likeness (QED) is 0.386. The van der Waals surface area contributed by atoms with Crippen LogP contribution < -0.4 is 0 Å². The molecule has 0 rings (SSSR count). The zero-order chi connectivity index (χ0) is 18.1. The van der Waals surface area contributed by atoms with Gasteiger partial charge in [0.25, 0.3) is 0 Å². The van der Waals surface area contributed by atoms with Gasteiger partial charge in [0.1, 0.15) is 5.60 Å². The zero-order valence-corrected chi connectivity index (χ0v) is 14.1. The van der Waals surface area contributed by atoms with Gasteiger partial charge in [0, 0.05) is 5.57 Å². The fourth-order valence-corrected chi connectivity index (χ4v) is 1.07. The average Bonchev–Trinajstić information content (AvgIpc) is 2.34. The van der Waals surface area contributed by atoms with Crippen molar-refractivity contribution in [2.24, 2.45) is 0 Å². The predicted molar refractivity (Wildman–Crippen MR) is 84.2 cm³/mol. The molecule has 0 aromatic heterocycles. The van der Waals surface area contributed by atoms with Crippen molar-refractivity contribution in [2.75, 3.05) is 13.2 Å². The maximum absolute atomic E-state index is 11.4. The van der Waals surface area contributed by atoms with Crippen LogP contribution in [-0.4, -0.2) is 51.5 Å². The van der Waals surface area contributed by atoms with Crippen LogP contribution in [0.5, 0.6) is 0 Å². The highest BCUT2D eigenvalue weighted by molar-refractivity contribution is 5.92. The minimum Gasteiger partial charge on any atom is -0.460 e. The number of aliphatic hydroxyl groups is 3. The number of esters is 1. The fraction of sp³-hybridized carbons (Fsp3) is 0.625. The highest BCUT2D eigenvalue weighted by Gasteiger charge is 2.29. The standard InChI is InChI=1S/C11H20O4.C5H8O2/c1-8(7-12)11(5,14)6-9(13)15-10(2,3)4;1-4(3-6)5(2)7/h12,14H,1,6-7H2,2-5H3;6H,1,3H2,2H3. The molecule has 0 heterocycles. The Morgan fingerprint density at radius 2 is 1.50 bits per heavy atom. The van der Waals surface area contributed by atoms with Crippen molar-refractivity contribution in [2.45, 2.75) is 52.2 Å². The third kappa shape index (κ3) is 11.2. The lowest BCUT2D eigenvalue weighted by Crippen LogP contribution is -2.34. The molecule has 0 aliphatic heterocycles. The van der Waals surface area contributed by atoms with E-state index in [-0.39, 0.29) is 36.6 Å². The van der Waals surface area contributed by atoms with Gasteiger partial charge in [0.05, 0.1) is 25.2 Å². The molecule has 128 valence electrons. The number of ether oxygens (including phenoxy) is 1. The molecular weight excluding hydrogens is 288 g/mol. The first-order valence-corrected chi connectivity index (χ1v) is 6.79. The monoisotopic (exact) mass is 316 g/mol. The van der Waals surface area contributed by atoms with Crippen LogP contribution in [0.4, 0.5) is 0 Å². The van der Waals surface area contributed by atoms with Crippen LogP contribution in [0.1, 0.15) is 41.0 Å². The Bertz CT molecular complexity index is 415. The molecule has 0 spiro atoms. The van der Waals surface area contributed by atoms with Crippen LogP contribution in [-0.2, 0) is 14.3 Å². The SMILES string of the molecule is C=C(CO)C(C)(O)CC(=O)OC(C)(C)C.C=C(CO)C(C)=O. The smallest absolute Gasteiger partial charge is 0.309 e. The van der Waals surface area contributed by atoms with Gasteiger partial charge in [-0.15, -0.1) is 0 Å². The summed E-state index contributed by atoms with van der Waals surface area (Å²) in [5, 5.41) is 26.8. The largest absolute Gasteiger partial charge is 0.460 e. The van der Waals surface area contributed by atoms with Gasteiger partial charge in [0.15, 0.2) is 5.78 Å². The van der Waals surface area contributed by atoms with Crippen LogP contribution in [0.3, 0.4) is 0 Å². The Labute approximate surface area is 132 Å². The molecule has 6 heteroatoms. The van der Waals surface area contributed by atoms with Crippen molar-refractivity contribution < 1.29 is 29.6 Å². The maximum Gasteiger partial charge on any atom is 0.309 e. The number of rotatable bonds is 6. The second kappa shape index (κ2) is 9.50. The average molecular weight is 316 g/mol. The zero-order valence-electron chi connectivity index (χ0n) is 14.1.